The van der Waals surface area contributed by atoms with Gasteiger partial charge < -0.3 is 9.78 Å². The molecule has 1 atom stereocenters. The first-order valence-corrected chi connectivity index (χ1v) is 3.85. The molecule has 2 N–H and O–H groups in total. The van der Waals surface area contributed by atoms with Gasteiger partial charge in [-0.05, 0) is 12.8 Å². The fourth-order valence-electron chi connectivity index (χ4n) is 0.901. The molecule has 0 aromatic heterocycles. The summed E-state index contributed by atoms with van der Waals surface area (Å²) in [5, 5.41) is 15.9. The van der Waals surface area contributed by atoms with E-state index in [-0.39, 0.29) is 12.8 Å². The number of hydrogen-bond acceptors (Lipinski definition) is 6. The monoisotopic (exact) mass is 192 g/mol. The van der Waals surface area contributed by atoms with Crippen LogP contribution in [0.15, 0.2) is 0 Å². The van der Waals surface area contributed by atoms with Crippen molar-refractivity contribution in [3.05, 3.63) is 0 Å². The standard InChI is InChI=1S/C7H12O6/c1-2-5(7(9)13-11)3-4-6(8)12-10/h5,10-11H,2-4H2,1H3. The topological polar surface area (TPSA) is 93.1 Å². The van der Waals surface area contributed by atoms with Crippen LogP contribution in [0.4, 0.5) is 0 Å². The molecule has 0 saturated carbocycles. The number of carbonyl (C=O) groups is 2. The molecule has 0 aliphatic heterocycles. The van der Waals surface area contributed by atoms with Crippen LogP contribution in [-0.2, 0) is 19.4 Å². The molecular formula is C7H12O6. The summed E-state index contributed by atoms with van der Waals surface area (Å²) in [6, 6.07) is 0. The lowest BCUT2D eigenvalue weighted by molar-refractivity contribution is -0.240. The van der Waals surface area contributed by atoms with E-state index in [0.29, 0.717) is 6.42 Å². The van der Waals surface area contributed by atoms with Gasteiger partial charge in [-0.15, -0.1) is 0 Å². The Kier molecular flexibility index (Phi) is 5.82. The smallest absolute Gasteiger partial charge is 0.301 e. The zero-order valence-corrected chi connectivity index (χ0v) is 7.23. The van der Waals surface area contributed by atoms with E-state index < -0.39 is 17.9 Å². The van der Waals surface area contributed by atoms with E-state index in [0.717, 1.165) is 0 Å². The molecule has 0 aliphatic carbocycles. The molecule has 0 radical (unpaired) electrons. The fraction of sp³-hybridized carbons (Fsp3) is 0.714. The molecule has 1 unspecified atom stereocenters. The van der Waals surface area contributed by atoms with Crippen LogP contribution in [0.3, 0.4) is 0 Å². The first kappa shape index (κ1) is 11.9. The molecule has 13 heavy (non-hydrogen) atoms. The van der Waals surface area contributed by atoms with Crippen LogP contribution in [0.5, 0.6) is 0 Å². The van der Waals surface area contributed by atoms with E-state index in [2.05, 4.69) is 9.78 Å². The third-order valence-corrected chi connectivity index (χ3v) is 1.71. The zero-order chi connectivity index (χ0) is 10.3. The van der Waals surface area contributed by atoms with E-state index in [4.69, 9.17) is 10.5 Å². The highest BCUT2D eigenvalue weighted by atomic mass is 17.1. The molecule has 0 heterocycles. The molecule has 0 fully saturated rings. The second-order valence-corrected chi connectivity index (χ2v) is 2.52. The summed E-state index contributed by atoms with van der Waals surface area (Å²) < 4.78 is 0. The highest BCUT2D eigenvalue weighted by Gasteiger charge is 2.19. The largest absolute Gasteiger partial charge is 0.345 e. The Balaban J connectivity index is 3.85. The summed E-state index contributed by atoms with van der Waals surface area (Å²) in [4.78, 5) is 28.1. The van der Waals surface area contributed by atoms with Gasteiger partial charge in [-0.3, -0.25) is 0 Å². The second-order valence-electron chi connectivity index (χ2n) is 2.52. The Labute approximate surface area is 74.9 Å². The Bertz CT molecular complexity index is 178. The van der Waals surface area contributed by atoms with Gasteiger partial charge in [-0.1, -0.05) is 6.92 Å². The number of hydrogen-bond donors (Lipinski definition) is 2. The molecule has 0 aromatic carbocycles. The van der Waals surface area contributed by atoms with Crippen molar-refractivity contribution in [3.8, 4) is 0 Å². The summed E-state index contributed by atoms with van der Waals surface area (Å²) in [7, 11) is 0. The Morgan fingerprint density at radius 3 is 2.31 bits per heavy atom. The van der Waals surface area contributed by atoms with Crippen molar-refractivity contribution in [2.24, 2.45) is 5.92 Å². The normalized spacial score (nSPS) is 11.9. The van der Waals surface area contributed by atoms with Crippen LogP contribution in [0, 0.1) is 5.92 Å². The summed E-state index contributed by atoms with van der Waals surface area (Å²) in [6.45, 7) is 1.71. The third-order valence-electron chi connectivity index (χ3n) is 1.71. The van der Waals surface area contributed by atoms with Gasteiger partial charge >= 0.3 is 11.9 Å². The molecule has 0 aliphatic rings. The van der Waals surface area contributed by atoms with Gasteiger partial charge in [-0.25, -0.2) is 9.59 Å². The van der Waals surface area contributed by atoms with E-state index in [1.807, 2.05) is 0 Å². The molecule has 0 bridgehead atoms. The fourth-order valence-corrected chi connectivity index (χ4v) is 0.901. The maximum Gasteiger partial charge on any atom is 0.345 e. The van der Waals surface area contributed by atoms with Gasteiger partial charge in [0.05, 0.1) is 5.92 Å². The third kappa shape index (κ3) is 4.44. The maximum atomic E-state index is 10.8. The quantitative estimate of drug-likeness (QED) is 0.495. The molecule has 0 amide bonds. The predicted molar refractivity (Wildman–Crippen MR) is 40.5 cm³/mol. The Morgan fingerprint density at radius 1 is 1.31 bits per heavy atom. The minimum Gasteiger partial charge on any atom is -0.301 e. The summed E-state index contributed by atoms with van der Waals surface area (Å²) in [5.74, 6) is -2.15. The summed E-state index contributed by atoms with van der Waals surface area (Å²) in [6.07, 6.45) is 0.525. The van der Waals surface area contributed by atoms with E-state index in [1.54, 1.807) is 6.92 Å². The predicted octanol–water partition coefficient (Wildman–Crippen LogP) is 0.825. The number of carbonyl (C=O) groups excluding carboxylic acids is 2. The van der Waals surface area contributed by atoms with Crippen LogP contribution in [0.2, 0.25) is 0 Å². The number of rotatable bonds is 5. The minimum absolute atomic E-state index is 0.0931. The first-order valence-electron chi connectivity index (χ1n) is 3.85. The molecule has 0 spiro atoms. The van der Waals surface area contributed by atoms with Gasteiger partial charge in [0.2, 0.25) is 0 Å². The highest BCUT2D eigenvalue weighted by molar-refractivity contribution is 5.73. The van der Waals surface area contributed by atoms with Crippen LogP contribution in [-0.4, -0.2) is 22.5 Å². The van der Waals surface area contributed by atoms with Crippen LogP contribution < -0.4 is 0 Å². The van der Waals surface area contributed by atoms with E-state index in [9.17, 15) is 9.59 Å². The van der Waals surface area contributed by atoms with Crippen molar-refractivity contribution in [1.29, 1.82) is 0 Å². The SMILES string of the molecule is CCC(CCC(=O)OO)C(=O)OO. The van der Waals surface area contributed by atoms with Gasteiger partial charge in [-0.2, -0.15) is 10.5 Å². The molecule has 0 rings (SSSR count). The Hall–Kier alpha value is -1.14. The van der Waals surface area contributed by atoms with Gasteiger partial charge in [0.25, 0.3) is 0 Å². The average Bonchev–Trinajstić information content (AvgIpc) is 2.17. The van der Waals surface area contributed by atoms with Gasteiger partial charge in [0.1, 0.15) is 0 Å². The lowest BCUT2D eigenvalue weighted by Gasteiger charge is -2.08. The van der Waals surface area contributed by atoms with E-state index >= 15 is 0 Å². The molecule has 0 saturated heterocycles. The lowest BCUT2D eigenvalue weighted by atomic mass is 10.0. The van der Waals surface area contributed by atoms with Crippen LogP contribution in [0.25, 0.3) is 0 Å². The van der Waals surface area contributed by atoms with Crippen molar-refractivity contribution in [3.63, 3.8) is 0 Å². The van der Waals surface area contributed by atoms with Crippen LogP contribution in [0.1, 0.15) is 26.2 Å². The summed E-state index contributed by atoms with van der Waals surface area (Å²) in [5.41, 5.74) is 0. The molecule has 76 valence electrons. The zero-order valence-electron chi connectivity index (χ0n) is 7.23. The van der Waals surface area contributed by atoms with Crippen molar-refractivity contribution < 1.29 is 29.9 Å². The highest BCUT2D eigenvalue weighted by Crippen LogP contribution is 2.12. The Morgan fingerprint density at radius 2 is 1.92 bits per heavy atom. The van der Waals surface area contributed by atoms with Crippen molar-refractivity contribution >= 4 is 11.9 Å². The second kappa shape index (κ2) is 6.38. The van der Waals surface area contributed by atoms with Crippen molar-refractivity contribution in [2.75, 3.05) is 0 Å². The molecule has 0 aromatic rings. The first-order chi connectivity index (χ1) is 6.15. The van der Waals surface area contributed by atoms with Crippen molar-refractivity contribution in [1.82, 2.24) is 0 Å². The average molecular weight is 192 g/mol. The minimum atomic E-state index is -0.816. The van der Waals surface area contributed by atoms with Gasteiger partial charge in [0.15, 0.2) is 0 Å². The lowest BCUT2D eigenvalue weighted by Crippen LogP contribution is -2.17. The molecule has 6 heteroatoms. The maximum absolute atomic E-state index is 10.8. The van der Waals surface area contributed by atoms with Crippen LogP contribution >= 0.6 is 0 Å². The molecule has 6 nitrogen and oxygen atoms in total. The summed E-state index contributed by atoms with van der Waals surface area (Å²) >= 11 is 0. The van der Waals surface area contributed by atoms with E-state index in [1.165, 1.54) is 0 Å². The van der Waals surface area contributed by atoms with Crippen molar-refractivity contribution in [2.45, 2.75) is 26.2 Å². The van der Waals surface area contributed by atoms with Gasteiger partial charge in [0, 0.05) is 6.42 Å². The molecular weight excluding hydrogens is 180 g/mol.